The Kier molecular flexibility index (Phi) is 4.27. The first kappa shape index (κ1) is 15.0. The fourth-order valence-corrected chi connectivity index (χ4v) is 1.91. The van der Waals surface area contributed by atoms with E-state index in [2.05, 4.69) is 10.4 Å². The third-order valence-electron chi connectivity index (χ3n) is 3.28. The predicted molar refractivity (Wildman–Crippen MR) is 71.5 cm³/mol. The fourth-order valence-electron chi connectivity index (χ4n) is 1.91. The van der Waals surface area contributed by atoms with Gasteiger partial charge in [0.1, 0.15) is 5.82 Å². The van der Waals surface area contributed by atoms with E-state index in [0.29, 0.717) is 12.6 Å². The van der Waals surface area contributed by atoms with Crippen LogP contribution >= 0.6 is 0 Å². The zero-order chi connectivity index (χ0) is 15.6. The van der Waals surface area contributed by atoms with Crippen molar-refractivity contribution in [3.63, 3.8) is 0 Å². The Bertz CT molecular complexity index is 685. The van der Waals surface area contributed by atoms with Crippen molar-refractivity contribution in [2.75, 3.05) is 0 Å². The Labute approximate surface area is 119 Å². The Hall–Kier alpha value is -2.35. The minimum Gasteiger partial charge on any atom is -0.308 e. The maximum absolute atomic E-state index is 13.6. The number of rotatable bonds is 5. The monoisotopic (exact) mass is 296 g/mol. The molecule has 1 N–H and O–H groups in total. The Morgan fingerprint density at radius 3 is 2.52 bits per heavy atom. The number of halogens is 2. The molecule has 0 aliphatic carbocycles. The van der Waals surface area contributed by atoms with Crippen LogP contribution in [0.3, 0.4) is 0 Å². The van der Waals surface area contributed by atoms with Crippen molar-refractivity contribution in [3.05, 3.63) is 56.9 Å². The maximum atomic E-state index is 13.6. The highest BCUT2D eigenvalue weighted by molar-refractivity contribution is 5.37. The van der Waals surface area contributed by atoms with Crippen LogP contribution in [0, 0.1) is 28.7 Å². The second-order valence-electron chi connectivity index (χ2n) is 4.63. The molecular formula is C13H14F2N4O2. The van der Waals surface area contributed by atoms with Gasteiger partial charge in [0.25, 0.3) is 0 Å². The van der Waals surface area contributed by atoms with E-state index in [4.69, 9.17) is 0 Å². The van der Waals surface area contributed by atoms with Crippen molar-refractivity contribution in [1.82, 2.24) is 15.1 Å². The molecule has 1 heterocycles. The van der Waals surface area contributed by atoms with E-state index >= 15 is 0 Å². The Morgan fingerprint density at radius 1 is 1.29 bits per heavy atom. The van der Waals surface area contributed by atoms with Crippen molar-refractivity contribution in [3.8, 4) is 0 Å². The predicted octanol–water partition coefficient (Wildman–Crippen LogP) is 2.20. The molecule has 1 aromatic carbocycles. The number of nitrogens with zero attached hydrogens (tertiary/aromatic N) is 3. The normalized spacial score (nSPS) is 10.9. The Morgan fingerprint density at radius 2 is 1.95 bits per heavy atom. The first-order valence-electron chi connectivity index (χ1n) is 6.20. The summed E-state index contributed by atoms with van der Waals surface area (Å²) >= 11 is 0. The molecule has 0 saturated carbocycles. The molecule has 0 unspecified atom stereocenters. The van der Waals surface area contributed by atoms with Gasteiger partial charge in [0.05, 0.1) is 11.1 Å². The SMILES string of the molecule is Cc1c(CNCc2cc([N+](=O)[O-])c(F)cc2F)cnn1C. The summed E-state index contributed by atoms with van der Waals surface area (Å²) in [7, 11) is 1.81. The summed E-state index contributed by atoms with van der Waals surface area (Å²) < 4.78 is 28.5. The van der Waals surface area contributed by atoms with Crippen LogP contribution in [-0.4, -0.2) is 14.7 Å². The highest BCUT2D eigenvalue weighted by Crippen LogP contribution is 2.21. The van der Waals surface area contributed by atoms with Gasteiger partial charge in [-0.1, -0.05) is 0 Å². The topological polar surface area (TPSA) is 73.0 Å². The van der Waals surface area contributed by atoms with Gasteiger partial charge in [-0.15, -0.1) is 0 Å². The standard InChI is InChI=1S/C13H14F2N4O2/c1-8-10(7-17-18(8)2)6-16-5-9-3-13(19(20)21)12(15)4-11(9)14/h3-4,7,16H,5-6H2,1-2H3. The summed E-state index contributed by atoms with van der Waals surface area (Å²) in [6, 6.07) is 1.44. The van der Waals surface area contributed by atoms with Crippen LogP contribution in [0.25, 0.3) is 0 Å². The first-order chi connectivity index (χ1) is 9.90. The highest BCUT2D eigenvalue weighted by atomic mass is 19.1. The molecule has 0 saturated heterocycles. The van der Waals surface area contributed by atoms with Crippen LogP contribution < -0.4 is 5.32 Å². The van der Waals surface area contributed by atoms with Gasteiger partial charge >= 0.3 is 5.69 Å². The van der Waals surface area contributed by atoms with E-state index in [1.54, 1.807) is 10.9 Å². The molecule has 112 valence electrons. The average molecular weight is 296 g/mol. The van der Waals surface area contributed by atoms with Crippen molar-refractivity contribution in [2.45, 2.75) is 20.0 Å². The zero-order valence-corrected chi connectivity index (χ0v) is 11.6. The van der Waals surface area contributed by atoms with Gasteiger partial charge in [-0.25, -0.2) is 4.39 Å². The van der Waals surface area contributed by atoms with E-state index in [1.165, 1.54) is 0 Å². The van der Waals surface area contributed by atoms with Crippen LogP contribution in [0.5, 0.6) is 0 Å². The molecule has 8 heteroatoms. The average Bonchev–Trinajstić information content (AvgIpc) is 2.72. The molecule has 0 spiro atoms. The maximum Gasteiger partial charge on any atom is 0.305 e. The zero-order valence-electron chi connectivity index (χ0n) is 11.6. The lowest BCUT2D eigenvalue weighted by molar-refractivity contribution is -0.387. The van der Waals surface area contributed by atoms with E-state index in [1.807, 2.05) is 14.0 Å². The lowest BCUT2D eigenvalue weighted by Crippen LogP contribution is -2.14. The van der Waals surface area contributed by atoms with Gasteiger partial charge < -0.3 is 5.32 Å². The largest absolute Gasteiger partial charge is 0.308 e. The van der Waals surface area contributed by atoms with Gasteiger partial charge in [-0.3, -0.25) is 14.8 Å². The summed E-state index contributed by atoms with van der Waals surface area (Å²) in [5.41, 5.74) is 1.22. The number of aryl methyl sites for hydroxylation is 1. The van der Waals surface area contributed by atoms with Crippen molar-refractivity contribution in [2.24, 2.45) is 7.05 Å². The molecule has 0 fully saturated rings. The minimum atomic E-state index is -1.18. The molecule has 1 aromatic heterocycles. The van der Waals surface area contributed by atoms with Crippen LogP contribution in [0.4, 0.5) is 14.5 Å². The van der Waals surface area contributed by atoms with Gasteiger partial charge in [0.2, 0.25) is 5.82 Å². The molecule has 0 amide bonds. The third-order valence-corrected chi connectivity index (χ3v) is 3.28. The van der Waals surface area contributed by atoms with Crippen LogP contribution in [0.15, 0.2) is 18.3 Å². The molecule has 0 aliphatic heterocycles. The molecule has 21 heavy (non-hydrogen) atoms. The van der Waals surface area contributed by atoms with E-state index in [9.17, 15) is 18.9 Å². The summed E-state index contributed by atoms with van der Waals surface area (Å²) in [4.78, 5) is 9.77. The van der Waals surface area contributed by atoms with E-state index < -0.39 is 22.2 Å². The lowest BCUT2D eigenvalue weighted by atomic mass is 10.1. The number of nitro groups is 1. The second-order valence-corrected chi connectivity index (χ2v) is 4.63. The van der Waals surface area contributed by atoms with Crippen molar-refractivity contribution < 1.29 is 13.7 Å². The molecular weight excluding hydrogens is 282 g/mol. The fraction of sp³-hybridized carbons (Fsp3) is 0.308. The van der Waals surface area contributed by atoms with E-state index in [-0.39, 0.29) is 12.1 Å². The molecule has 0 atom stereocenters. The number of benzene rings is 1. The molecule has 2 aromatic rings. The Balaban J connectivity index is 2.08. The molecule has 6 nitrogen and oxygen atoms in total. The third kappa shape index (κ3) is 3.22. The lowest BCUT2D eigenvalue weighted by Gasteiger charge is -2.06. The van der Waals surface area contributed by atoms with Gasteiger partial charge in [-0.2, -0.15) is 9.49 Å². The van der Waals surface area contributed by atoms with E-state index in [0.717, 1.165) is 17.3 Å². The second kappa shape index (κ2) is 5.96. The van der Waals surface area contributed by atoms with Crippen LogP contribution in [-0.2, 0) is 20.1 Å². The summed E-state index contributed by atoms with van der Waals surface area (Å²) in [6.07, 6.45) is 1.69. The van der Waals surface area contributed by atoms with Crippen LogP contribution in [0.2, 0.25) is 0 Å². The quantitative estimate of drug-likeness (QED) is 0.678. The smallest absolute Gasteiger partial charge is 0.305 e. The molecule has 0 radical (unpaired) electrons. The number of hydrogen-bond acceptors (Lipinski definition) is 4. The molecule has 2 rings (SSSR count). The van der Waals surface area contributed by atoms with Crippen molar-refractivity contribution in [1.29, 1.82) is 0 Å². The van der Waals surface area contributed by atoms with Crippen molar-refractivity contribution >= 4 is 5.69 Å². The van der Waals surface area contributed by atoms with Gasteiger partial charge in [-0.05, 0) is 6.92 Å². The number of nitrogens with one attached hydrogen (secondary N) is 1. The first-order valence-corrected chi connectivity index (χ1v) is 6.20. The summed E-state index contributed by atoms with van der Waals surface area (Å²) in [5.74, 6) is -1.99. The number of nitro benzene ring substituents is 1. The summed E-state index contributed by atoms with van der Waals surface area (Å²) in [6.45, 7) is 2.39. The number of aromatic nitrogens is 2. The minimum absolute atomic E-state index is 0.0460. The van der Waals surface area contributed by atoms with Gasteiger partial charge in [0.15, 0.2) is 0 Å². The van der Waals surface area contributed by atoms with Crippen LogP contribution in [0.1, 0.15) is 16.8 Å². The molecule has 0 aliphatic rings. The summed E-state index contributed by atoms with van der Waals surface area (Å²) in [5, 5.41) is 17.7. The van der Waals surface area contributed by atoms with Gasteiger partial charge in [0, 0.05) is 49.1 Å². The number of hydrogen-bond donors (Lipinski definition) is 1. The molecule has 0 bridgehead atoms. The highest BCUT2D eigenvalue weighted by Gasteiger charge is 2.18.